The predicted octanol–water partition coefficient (Wildman–Crippen LogP) is 4.88. The van der Waals surface area contributed by atoms with E-state index < -0.39 is 11.5 Å². The van der Waals surface area contributed by atoms with Crippen LogP contribution in [0.1, 0.15) is 16.1 Å². The third-order valence-corrected chi connectivity index (χ3v) is 5.60. The number of H-pyrrole nitrogens is 1. The van der Waals surface area contributed by atoms with Crippen molar-refractivity contribution in [2.45, 2.75) is 16.7 Å². The van der Waals surface area contributed by atoms with Crippen LogP contribution in [-0.4, -0.2) is 15.9 Å². The van der Waals surface area contributed by atoms with Crippen molar-refractivity contribution < 1.29 is 9.21 Å². The lowest BCUT2D eigenvalue weighted by Gasteiger charge is -2.07. The highest BCUT2D eigenvalue weighted by Gasteiger charge is 2.21. The van der Waals surface area contributed by atoms with Gasteiger partial charge in [-0.15, -0.1) is 0 Å². The molecule has 0 radical (unpaired) electrons. The molecule has 0 bridgehead atoms. The Labute approximate surface area is 168 Å². The lowest BCUT2D eigenvalue weighted by molar-refractivity contribution is 0.102. The molecule has 0 aliphatic heterocycles. The van der Waals surface area contributed by atoms with Crippen molar-refractivity contribution >= 4 is 46.1 Å². The molecule has 6 nitrogen and oxygen atoms in total. The Morgan fingerprint density at radius 3 is 2.68 bits per heavy atom. The number of aromatic nitrogens is 2. The van der Waals surface area contributed by atoms with Crippen molar-refractivity contribution in [2.24, 2.45) is 0 Å². The summed E-state index contributed by atoms with van der Waals surface area (Å²) in [5.74, 6) is -0.0937. The number of aromatic amines is 1. The Morgan fingerprint density at radius 1 is 1.18 bits per heavy atom. The Hall–Kier alpha value is -3.03. The Morgan fingerprint density at radius 2 is 1.93 bits per heavy atom. The quantitative estimate of drug-likeness (QED) is 0.499. The van der Waals surface area contributed by atoms with Crippen LogP contribution in [-0.2, 0) is 0 Å². The van der Waals surface area contributed by atoms with Crippen molar-refractivity contribution in [2.75, 3.05) is 5.32 Å². The fourth-order valence-electron chi connectivity index (χ4n) is 2.78. The summed E-state index contributed by atoms with van der Waals surface area (Å²) in [6.07, 6.45) is 1.24. The number of benzene rings is 2. The number of furan rings is 1. The molecule has 0 unspecified atom stereocenters. The molecule has 28 heavy (non-hydrogen) atoms. The molecular formula is C20H14ClN3O3S. The molecule has 0 spiro atoms. The van der Waals surface area contributed by atoms with Gasteiger partial charge >= 0.3 is 0 Å². The second-order valence-corrected chi connectivity index (χ2v) is 7.48. The molecule has 2 aromatic heterocycles. The molecule has 0 fully saturated rings. The van der Waals surface area contributed by atoms with Crippen molar-refractivity contribution in [1.82, 2.24) is 9.97 Å². The van der Waals surface area contributed by atoms with Gasteiger partial charge in [-0.2, -0.15) is 0 Å². The molecule has 0 saturated heterocycles. The first kappa shape index (κ1) is 18.3. The third-order valence-electron chi connectivity index (χ3n) is 4.07. The molecule has 0 atom stereocenters. The zero-order valence-corrected chi connectivity index (χ0v) is 16.2. The molecular weight excluding hydrogens is 398 g/mol. The minimum atomic E-state index is -0.429. The maximum Gasteiger partial charge on any atom is 0.262 e. The van der Waals surface area contributed by atoms with Gasteiger partial charge in [0.25, 0.3) is 11.5 Å². The summed E-state index contributed by atoms with van der Waals surface area (Å²) in [5, 5.41) is 3.62. The molecule has 0 aliphatic carbocycles. The highest BCUT2D eigenvalue weighted by atomic mass is 35.5. The van der Waals surface area contributed by atoms with Crippen LogP contribution in [0.5, 0.6) is 0 Å². The van der Waals surface area contributed by atoms with E-state index in [0.717, 1.165) is 9.79 Å². The number of nitrogens with zero attached hydrogens (tertiary/aromatic N) is 1. The summed E-state index contributed by atoms with van der Waals surface area (Å²) in [5.41, 5.74) is 0.498. The van der Waals surface area contributed by atoms with Gasteiger partial charge in [0.2, 0.25) is 5.71 Å². The number of rotatable bonds is 4. The number of aryl methyl sites for hydroxylation is 1. The number of hydrogen-bond donors (Lipinski definition) is 2. The minimum absolute atomic E-state index is 0.137. The number of fused-ring (bicyclic) bond motifs is 1. The second kappa shape index (κ2) is 7.53. The molecule has 8 heteroatoms. The standard InChI is InChI=1S/C20H14ClN3O3S/c1-11-16(17-18(25)22-10-23-20(17)27-11)19(26)24-12-6-8-13(9-7-12)28-15-5-3-2-4-14(15)21/h2-10H,1H3,(H,24,26)(H,22,23,25). The van der Waals surface area contributed by atoms with Crippen LogP contribution in [0.4, 0.5) is 5.69 Å². The number of carbonyl (C=O) groups is 1. The number of halogens is 1. The van der Waals surface area contributed by atoms with E-state index in [1.54, 1.807) is 19.1 Å². The summed E-state index contributed by atoms with van der Waals surface area (Å²) >= 11 is 7.72. The largest absolute Gasteiger partial charge is 0.442 e. The fourth-order valence-corrected chi connectivity index (χ4v) is 3.87. The molecule has 0 saturated carbocycles. The van der Waals surface area contributed by atoms with Gasteiger partial charge in [0.05, 0.1) is 16.9 Å². The van der Waals surface area contributed by atoms with Crippen molar-refractivity contribution in [1.29, 1.82) is 0 Å². The van der Waals surface area contributed by atoms with Crippen LogP contribution in [0.15, 0.2) is 73.9 Å². The maximum atomic E-state index is 12.7. The zero-order chi connectivity index (χ0) is 19.7. The SMILES string of the molecule is Cc1oc2nc[nH]c(=O)c2c1C(=O)Nc1ccc(Sc2ccccc2Cl)cc1. The third kappa shape index (κ3) is 3.54. The molecule has 0 aliphatic rings. The van der Waals surface area contributed by atoms with Crippen LogP contribution in [0.2, 0.25) is 5.02 Å². The lowest BCUT2D eigenvalue weighted by Crippen LogP contribution is -2.16. The van der Waals surface area contributed by atoms with Gasteiger partial charge in [-0.25, -0.2) is 4.98 Å². The average molecular weight is 412 g/mol. The van der Waals surface area contributed by atoms with Crippen LogP contribution >= 0.6 is 23.4 Å². The minimum Gasteiger partial charge on any atom is -0.442 e. The van der Waals surface area contributed by atoms with Crippen LogP contribution in [0.3, 0.4) is 0 Å². The Bertz CT molecular complexity index is 1230. The summed E-state index contributed by atoms with van der Waals surface area (Å²) in [7, 11) is 0. The molecule has 1 amide bonds. The molecule has 4 aromatic rings. The van der Waals surface area contributed by atoms with E-state index in [0.29, 0.717) is 16.5 Å². The van der Waals surface area contributed by atoms with Crippen LogP contribution < -0.4 is 10.9 Å². The molecule has 140 valence electrons. The normalized spacial score (nSPS) is 10.9. The fraction of sp³-hybridized carbons (Fsp3) is 0.0500. The maximum absolute atomic E-state index is 12.7. The number of hydrogen-bond acceptors (Lipinski definition) is 5. The van der Waals surface area contributed by atoms with Gasteiger partial charge in [0.1, 0.15) is 11.1 Å². The summed E-state index contributed by atoms with van der Waals surface area (Å²) < 4.78 is 5.43. The second-order valence-electron chi connectivity index (χ2n) is 5.96. The van der Waals surface area contributed by atoms with E-state index in [9.17, 15) is 9.59 Å². The zero-order valence-electron chi connectivity index (χ0n) is 14.7. The summed E-state index contributed by atoms with van der Waals surface area (Å²) in [6, 6.07) is 14.9. The van der Waals surface area contributed by atoms with E-state index in [1.165, 1.54) is 18.1 Å². The Kier molecular flexibility index (Phi) is 4.93. The van der Waals surface area contributed by atoms with Crippen LogP contribution in [0, 0.1) is 6.92 Å². The molecule has 2 N–H and O–H groups in total. The van der Waals surface area contributed by atoms with Gasteiger partial charge in [-0.3, -0.25) is 9.59 Å². The molecule has 2 heterocycles. The monoisotopic (exact) mass is 411 g/mol. The number of carbonyl (C=O) groups excluding carboxylic acids is 1. The summed E-state index contributed by atoms with van der Waals surface area (Å²) in [4.78, 5) is 33.1. The smallest absolute Gasteiger partial charge is 0.262 e. The average Bonchev–Trinajstić information content (AvgIpc) is 3.02. The lowest BCUT2D eigenvalue weighted by atomic mass is 10.1. The Balaban J connectivity index is 1.55. The first-order chi connectivity index (χ1) is 13.5. The van der Waals surface area contributed by atoms with E-state index in [4.69, 9.17) is 16.0 Å². The highest BCUT2D eigenvalue weighted by molar-refractivity contribution is 7.99. The van der Waals surface area contributed by atoms with Crippen molar-refractivity contribution in [3.63, 3.8) is 0 Å². The first-order valence-corrected chi connectivity index (χ1v) is 9.53. The first-order valence-electron chi connectivity index (χ1n) is 8.33. The topological polar surface area (TPSA) is 88.0 Å². The summed E-state index contributed by atoms with van der Waals surface area (Å²) in [6.45, 7) is 1.62. The van der Waals surface area contributed by atoms with Gasteiger partial charge in [-0.05, 0) is 43.3 Å². The van der Waals surface area contributed by atoms with Gasteiger partial charge in [0, 0.05) is 15.5 Å². The highest BCUT2D eigenvalue weighted by Crippen LogP contribution is 2.33. The van der Waals surface area contributed by atoms with Crippen molar-refractivity contribution in [3.8, 4) is 0 Å². The van der Waals surface area contributed by atoms with Gasteiger partial charge < -0.3 is 14.7 Å². The van der Waals surface area contributed by atoms with E-state index in [2.05, 4.69) is 15.3 Å². The predicted molar refractivity (Wildman–Crippen MR) is 109 cm³/mol. The molecule has 2 aromatic carbocycles. The number of anilines is 1. The van der Waals surface area contributed by atoms with Crippen molar-refractivity contribution in [3.05, 3.63) is 81.6 Å². The van der Waals surface area contributed by atoms with E-state index in [1.807, 2.05) is 36.4 Å². The number of amides is 1. The number of nitrogens with one attached hydrogen (secondary N) is 2. The van der Waals surface area contributed by atoms with Gasteiger partial charge in [0.15, 0.2) is 0 Å². The van der Waals surface area contributed by atoms with Crippen LogP contribution in [0.25, 0.3) is 11.1 Å². The van der Waals surface area contributed by atoms with E-state index >= 15 is 0 Å². The van der Waals surface area contributed by atoms with E-state index in [-0.39, 0.29) is 16.7 Å². The molecule has 4 rings (SSSR count). The van der Waals surface area contributed by atoms with Gasteiger partial charge in [-0.1, -0.05) is 35.5 Å².